The second-order valence-electron chi connectivity index (χ2n) is 19.4. The summed E-state index contributed by atoms with van der Waals surface area (Å²) < 4.78 is 2.42. The van der Waals surface area contributed by atoms with Gasteiger partial charge in [-0.15, -0.1) is 0 Å². The van der Waals surface area contributed by atoms with Crippen molar-refractivity contribution in [2.75, 3.05) is 14.7 Å². The van der Waals surface area contributed by atoms with Crippen LogP contribution in [0.3, 0.4) is 0 Å². The first-order valence-corrected chi connectivity index (χ1v) is 26.6. The summed E-state index contributed by atoms with van der Waals surface area (Å²) in [6.07, 6.45) is 0. The van der Waals surface area contributed by atoms with Gasteiger partial charge in [-0.25, -0.2) is 0 Å². The van der Waals surface area contributed by atoms with E-state index in [2.05, 4.69) is 347 Å². The first-order valence-electron chi connectivity index (χ1n) is 26.6. The zero-order valence-corrected chi connectivity index (χ0v) is 43.0. The molecular weight excluding hydrogens is 945 g/mol. The third-order valence-corrected chi connectivity index (χ3v) is 14.6. The SMILES string of the molecule is c1ccc(-c2c(-c3ccccc3)n(-c3ccccc3)c3ccc(-c4ccc(N(c5ccc(-c6ccc(N(c7ccccc7)c7ccccc7)cc6)cc5)c5ccc(N(c6ccccc6)c6ccccc6)cc5)cc4)cc23)cc1. The van der Waals surface area contributed by atoms with Crippen LogP contribution >= 0.6 is 0 Å². The number of hydrogen-bond donors (Lipinski definition) is 0. The minimum absolute atomic E-state index is 1.05. The van der Waals surface area contributed by atoms with Crippen molar-refractivity contribution in [1.82, 2.24) is 4.57 Å². The monoisotopic (exact) mass is 998 g/mol. The smallest absolute Gasteiger partial charge is 0.0619 e. The Hall–Kier alpha value is -10.4. The van der Waals surface area contributed by atoms with Gasteiger partial charge in [-0.3, -0.25) is 0 Å². The summed E-state index contributed by atoms with van der Waals surface area (Å²) in [4.78, 5) is 6.96. The Bertz CT molecular complexity index is 3980. The molecule has 13 aromatic rings. The Labute approximate surface area is 456 Å². The predicted molar refractivity (Wildman–Crippen MR) is 329 cm³/mol. The molecule has 0 fully saturated rings. The number of rotatable bonds is 14. The second kappa shape index (κ2) is 21.4. The molecule has 0 aliphatic rings. The van der Waals surface area contributed by atoms with Gasteiger partial charge in [-0.05, 0) is 167 Å². The Kier molecular flexibility index (Phi) is 13.0. The van der Waals surface area contributed by atoms with E-state index in [9.17, 15) is 0 Å². The molecule has 78 heavy (non-hydrogen) atoms. The molecule has 0 aliphatic carbocycles. The standard InChI is InChI=1S/C74H54N4/c1-8-22-58(23-9-1)73-71-54-60(42-53-72(71)78(65-34-20-7-21-35-65)74(73)59-24-10-2-11-25-59)57-40-47-68(48-41-57)77(70-51-49-69(50-52-70)76(63-30-16-5-17-31-63)64-32-18-6-19-33-64)67-45-38-56(39-46-67)55-36-43-66(44-37-55)75(61-26-12-3-13-27-61)62-28-14-4-15-29-62/h1-54H. The van der Waals surface area contributed by atoms with Crippen LogP contribution in [0.5, 0.6) is 0 Å². The van der Waals surface area contributed by atoms with Crippen molar-refractivity contribution in [2.45, 2.75) is 0 Å². The van der Waals surface area contributed by atoms with Gasteiger partial charge in [0.25, 0.3) is 0 Å². The van der Waals surface area contributed by atoms with Crippen molar-refractivity contribution in [3.05, 3.63) is 328 Å². The summed E-state index contributed by atoms with van der Waals surface area (Å²) in [5.74, 6) is 0. The van der Waals surface area contributed by atoms with Crippen LogP contribution in [0.2, 0.25) is 0 Å². The molecule has 0 spiro atoms. The van der Waals surface area contributed by atoms with Crippen LogP contribution in [0, 0.1) is 0 Å². The van der Waals surface area contributed by atoms with Gasteiger partial charge >= 0.3 is 0 Å². The molecule has 0 atom stereocenters. The minimum atomic E-state index is 1.05. The van der Waals surface area contributed by atoms with E-state index in [1.807, 2.05) is 0 Å². The normalized spacial score (nSPS) is 11.1. The van der Waals surface area contributed by atoms with Crippen molar-refractivity contribution >= 4 is 62.1 Å². The van der Waals surface area contributed by atoms with E-state index in [0.717, 1.165) is 84.6 Å². The molecule has 370 valence electrons. The van der Waals surface area contributed by atoms with Gasteiger partial charge in [0.2, 0.25) is 0 Å². The third-order valence-electron chi connectivity index (χ3n) is 14.6. The molecule has 13 rings (SSSR count). The van der Waals surface area contributed by atoms with Gasteiger partial charge < -0.3 is 19.3 Å². The summed E-state index contributed by atoms with van der Waals surface area (Å²) in [7, 11) is 0. The van der Waals surface area contributed by atoms with Gasteiger partial charge in [-0.2, -0.15) is 0 Å². The lowest BCUT2D eigenvalue weighted by Gasteiger charge is -2.28. The van der Waals surface area contributed by atoms with Gasteiger partial charge in [-0.1, -0.05) is 194 Å². The van der Waals surface area contributed by atoms with E-state index in [1.165, 1.54) is 27.8 Å². The summed E-state index contributed by atoms with van der Waals surface area (Å²) in [5.41, 5.74) is 21.4. The molecule has 0 bridgehead atoms. The summed E-state index contributed by atoms with van der Waals surface area (Å²) in [6.45, 7) is 0. The van der Waals surface area contributed by atoms with Crippen LogP contribution in [0.25, 0.3) is 61.2 Å². The third kappa shape index (κ3) is 9.40. The summed E-state index contributed by atoms with van der Waals surface area (Å²) in [6, 6.07) is 117. The molecule has 12 aromatic carbocycles. The van der Waals surface area contributed by atoms with E-state index in [4.69, 9.17) is 0 Å². The average molecular weight is 999 g/mol. The zero-order valence-electron chi connectivity index (χ0n) is 43.0. The van der Waals surface area contributed by atoms with Crippen LogP contribution in [-0.4, -0.2) is 4.57 Å². The first-order chi connectivity index (χ1) is 38.7. The Morgan fingerprint density at radius 3 is 0.833 bits per heavy atom. The van der Waals surface area contributed by atoms with Gasteiger partial charge in [0, 0.05) is 67.8 Å². The molecule has 1 heterocycles. The molecule has 0 amide bonds. The van der Waals surface area contributed by atoms with Crippen LogP contribution in [0.4, 0.5) is 51.2 Å². The van der Waals surface area contributed by atoms with Gasteiger partial charge in [0.1, 0.15) is 0 Å². The Balaban J connectivity index is 0.885. The Morgan fingerprint density at radius 2 is 0.474 bits per heavy atom. The van der Waals surface area contributed by atoms with Crippen LogP contribution < -0.4 is 14.7 Å². The number of hydrogen-bond acceptors (Lipinski definition) is 3. The molecule has 0 radical (unpaired) electrons. The van der Waals surface area contributed by atoms with E-state index < -0.39 is 0 Å². The maximum atomic E-state index is 2.42. The Morgan fingerprint density at radius 1 is 0.205 bits per heavy atom. The molecule has 0 aliphatic heterocycles. The van der Waals surface area contributed by atoms with Gasteiger partial charge in [0.05, 0.1) is 11.2 Å². The molecule has 0 unspecified atom stereocenters. The lowest BCUT2D eigenvalue weighted by molar-refractivity contribution is 1.13. The van der Waals surface area contributed by atoms with E-state index in [-0.39, 0.29) is 0 Å². The van der Waals surface area contributed by atoms with Crippen molar-refractivity contribution in [3.8, 4) is 50.3 Å². The highest BCUT2D eigenvalue weighted by Gasteiger charge is 2.23. The first kappa shape index (κ1) is 47.3. The minimum Gasteiger partial charge on any atom is -0.311 e. The maximum Gasteiger partial charge on any atom is 0.0619 e. The molecule has 4 nitrogen and oxygen atoms in total. The van der Waals surface area contributed by atoms with Gasteiger partial charge in [0.15, 0.2) is 0 Å². The number of fused-ring (bicyclic) bond motifs is 1. The van der Waals surface area contributed by atoms with Crippen LogP contribution in [0.1, 0.15) is 0 Å². The highest BCUT2D eigenvalue weighted by atomic mass is 15.2. The van der Waals surface area contributed by atoms with E-state index in [0.29, 0.717) is 0 Å². The lowest BCUT2D eigenvalue weighted by Crippen LogP contribution is -2.12. The number of anilines is 9. The fourth-order valence-electron chi connectivity index (χ4n) is 10.9. The summed E-state index contributed by atoms with van der Waals surface area (Å²) >= 11 is 0. The predicted octanol–water partition coefficient (Wildman–Crippen LogP) is 20.7. The number of para-hydroxylation sites is 5. The molecular formula is C74H54N4. The number of nitrogens with zero attached hydrogens (tertiary/aromatic N) is 4. The molecule has 4 heteroatoms. The van der Waals surface area contributed by atoms with Crippen molar-refractivity contribution in [3.63, 3.8) is 0 Å². The fourth-order valence-corrected chi connectivity index (χ4v) is 10.9. The fraction of sp³-hybridized carbons (Fsp3) is 0. The van der Waals surface area contributed by atoms with E-state index >= 15 is 0 Å². The largest absolute Gasteiger partial charge is 0.311 e. The van der Waals surface area contributed by atoms with Crippen molar-refractivity contribution in [1.29, 1.82) is 0 Å². The molecule has 0 saturated heterocycles. The molecule has 0 N–H and O–H groups in total. The molecule has 1 aromatic heterocycles. The van der Waals surface area contributed by atoms with Crippen molar-refractivity contribution < 1.29 is 0 Å². The van der Waals surface area contributed by atoms with Crippen molar-refractivity contribution in [2.24, 2.45) is 0 Å². The quantitative estimate of drug-likeness (QED) is 0.108. The number of aromatic nitrogens is 1. The topological polar surface area (TPSA) is 14.7 Å². The highest BCUT2D eigenvalue weighted by Crippen LogP contribution is 2.46. The summed E-state index contributed by atoms with van der Waals surface area (Å²) in [5, 5.41) is 1.20. The zero-order chi connectivity index (χ0) is 52.0. The number of benzene rings is 12. The van der Waals surface area contributed by atoms with Crippen LogP contribution in [-0.2, 0) is 0 Å². The lowest BCUT2D eigenvalue weighted by atomic mass is 9.96. The second-order valence-corrected chi connectivity index (χ2v) is 19.4. The highest BCUT2D eigenvalue weighted by molar-refractivity contribution is 6.07. The van der Waals surface area contributed by atoms with E-state index in [1.54, 1.807) is 0 Å². The van der Waals surface area contributed by atoms with Crippen LogP contribution in [0.15, 0.2) is 328 Å². The average Bonchev–Trinajstić information content (AvgIpc) is 3.99. The molecule has 0 saturated carbocycles. The maximum absolute atomic E-state index is 2.42.